The standard InChI is InChI=1S/C26H30FN7O3S/c1-15(2)34-11-8-18(9-12-34)37-26-23-16(3)31-32-25(23)29-24(30-26)17-5-6-21(20(27)13-17)33-38(35)22-14-19(36-4)7-10-28-22/h5-7,10,13-15,18,33H,8-9,11-12H2,1-4H3,(H,29,30,31,32). The fourth-order valence-corrected chi connectivity index (χ4v) is 5.27. The zero-order chi connectivity index (χ0) is 26.8. The number of nitrogens with one attached hydrogen (secondary N) is 2. The van der Waals surface area contributed by atoms with Gasteiger partial charge in [0.05, 0.1) is 12.8 Å². The van der Waals surface area contributed by atoms with Gasteiger partial charge in [-0.25, -0.2) is 18.6 Å². The highest BCUT2D eigenvalue weighted by Crippen LogP contribution is 2.31. The van der Waals surface area contributed by atoms with Crippen LogP contribution in [0.4, 0.5) is 10.1 Å². The van der Waals surface area contributed by atoms with Crippen LogP contribution in [0.25, 0.3) is 22.4 Å². The Kier molecular flexibility index (Phi) is 7.52. The number of benzene rings is 1. The van der Waals surface area contributed by atoms with E-state index in [1.807, 2.05) is 6.92 Å². The molecular weight excluding hydrogens is 509 g/mol. The van der Waals surface area contributed by atoms with Gasteiger partial charge in [-0.2, -0.15) is 10.1 Å². The average molecular weight is 540 g/mol. The number of methoxy groups -OCH3 is 1. The minimum atomic E-state index is -1.79. The summed E-state index contributed by atoms with van der Waals surface area (Å²) < 4.78 is 42.0. The van der Waals surface area contributed by atoms with Gasteiger partial charge >= 0.3 is 0 Å². The number of piperidine rings is 1. The highest BCUT2D eigenvalue weighted by atomic mass is 32.2. The number of rotatable bonds is 8. The van der Waals surface area contributed by atoms with E-state index in [4.69, 9.17) is 9.47 Å². The van der Waals surface area contributed by atoms with Crippen molar-refractivity contribution in [1.29, 1.82) is 0 Å². The maximum absolute atomic E-state index is 15.1. The first-order valence-electron chi connectivity index (χ1n) is 12.4. The third-order valence-corrected chi connectivity index (χ3v) is 7.62. The first-order chi connectivity index (χ1) is 18.3. The molecule has 0 saturated carbocycles. The number of halogens is 1. The molecule has 0 spiro atoms. The fraction of sp³-hybridized carbons (Fsp3) is 0.385. The first kappa shape index (κ1) is 26.0. The quantitative estimate of drug-likeness (QED) is 0.341. The van der Waals surface area contributed by atoms with E-state index in [1.54, 1.807) is 12.1 Å². The molecule has 1 unspecified atom stereocenters. The second kappa shape index (κ2) is 11.0. The molecule has 0 bridgehead atoms. The van der Waals surface area contributed by atoms with Crippen LogP contribution in [-0.2, 0) is 11.0 Å². The normalized spacial score (nSPS) is 15.6. The number of ether oxygens (including phenoxy) is 2. The van der Waals surface area contributed by atoms with E-state index < -0.39 is 16.8 Å². The van der Waals surface area contributed by atoms with Crippen LogP contribution in [-0.4, -0.2) is 66.6 Å². The van der Waals surface area contributed by atoms with Crippen molar-refractivity contribution >= 4 is 27.7 Å². The van der Waals surface area contributed by atoms with Crippen LogP contribution in [0.2, 0.25) is 0 Å². The number of aryl methyl sites for hydroxylation is 1. The van der Waals surface area contributed by atoms with Gasteiger partial charge in [-0.3, -0.25) is 9.82 Å². The lowest BCUT2D eigenvalue weighted by Gasteiger charge is -2.34. The van der Waals surface area contributed by atoms with Crippen LogP contribution in [0.15, 0.2) is 41.6 Å². The minimum Gasteiger partial charge on any atom is -0.497 e. The zero-order valence-electron chi connectivity index (χ0n) is 21.7. The fourth-order valence-electron chi connectivity index (χ4n) is 4.42. The molecule has 12 heteroatoms. The van der Waals surface area contributed by atoms with Crippen molar-refractivity contribution in [2.45, 2.75) is 50.8 Å². The summed E-state index contributed by atoms with van der Waals surface area (Å²) in [5, 5.41) is 8.18. The Hall–Kier alpha value is -3.64. The number of likely N-dealkylation sites (tertiary alicyclic amines) is 1. The van der Waals surface area contributed by atoms with Crippen molar-refractivity contribution < 1.29 is 18.1 Å². The average Bonchev–Trinajstić information content (AvgIpc) is 3.30. The summed E-state index contributed by atoms with van der Waals surface area (Å²) in [5.41, 5.74) is 1.76. The van der Waals surface area contributed by atoms with Gasteiger partial charge < -0.3 is 14.4 Å². The topological polar surface area (TPSA) is 118 Å². The van der Waals surface area contributed by atoms with E-state index in [0.29, 0.717) is 34.7 Å². The summed E-state index contributed by atoms with van der Waals surface area (Å²) in [6.07, 6.45) is 3.29. The van der Waals surface area contributed by atoms with Crippen LogP contribution >= 0.6 is 0 Å². The van der Waals surface area contributed by atoms with Crippen LogP contribution in [0.3, 0.4) is 0 Å². The summed E-state index contributed by atoms with van der Waals surface area (Å²) in [4.78, 5) is 15.7. The van der Waals surface area contributed by atoms with E-state index >= 15 is 4.39 Å². The van der Waals surface area contributed by atoms with Gasteiger partial charge in [0.15, 0.2) is 27.5 Å². The first-order valence-corrected chi connectivity index (χ1v) is 13.6. The molecule has 2 N–H and O–H groups in total. The number of anilines is 1. The predicted molar refractivity (Wildman–Crippen MR) is 143 cm³/mol. The number of fused-ring (bicyclic) bond motifs is 1. The van der Waals surface area contributed by atoms with Crippen molar-refractivity contribution in [3.8, 4) is 23.0 Å². The van der Waals surface area contributed by atoms with E-state index in [-0.39, 0.29) is 16.8 Å². The van der Waals surface area contributed by atoms with Gasteiger partial charge in [0.25, 0.3) is 0 Å². The molecule has 200 valence electrons. The Morgan fingerprint density at radius 2 is 1.97 bits per heavy atom. The molecule has 1 fully saturated rings. The summed E-state index contributed by atoms with van der Waals surface area (Å²) in [6.45, 7) is 8.21. The summed E-state index contributed by atoms with van der Waals surface area (Å²) >= 11 is 0. The molecule has 0 radical (unpaired) electrons. The molecule has 0 aliphatic carbocycles. The SMILES string of the molecule is COc1ccnc(S(=O)Nc2ccc(-c3nc(OC4CCN(C(C)C)CC4)c4c(C)[nH]nc4n3)cc2F)c1. The molecule has 3 aromatic heterocycles. The highest BCUT2D eigenvalue weighted by molar-refractivity contribution is 7.86. The van der Waals surface area contributed by atoms with Crippen molar-refractivity contribution in [3.05, 3.63) is 48.0 Å². The van der Waals surface area contributed by atoms with Gasteiger partial charge in [-0.1, -0.05) is 0 Å². The molecule has 1 aliphatic heterocycles. The molecule has 38 heavy (non-hydrogen) atoms. The van der Waals surface area contributed by atoms with E-state index in [2.05, 4.69) is 48.6 Å². The lowest BCUT2D eigenvalue weighted by molar-refractivity contribution is 0.0824. The molecule has 4 heterocycles. The Morgan fingerprint density at radius 3 is 2.68 bits per heavy atom. The highest BCUT2D eigenvalue weighted by Gasteiger charge is 2.25. The zero-order valence-corrected chi connectivity index (χ0v) is 22.5. The second-order valence-corrected chi connectivity index (χ2v) is 10.6. The van der Waals surface area contributed by atoms with Crippen molar-refractivity contribution in [1.82, 2.24) is 30.0 Å². The number of H-pyrrole nitrogens is 1. The van der Waals surface area contributed by atoms with Crippen LogP contribution < -0.4 is 14.2 Å². The molecule has 5 rings (SSSR count). The second-order valence-electron chi connectivity index (χ2n) is 9.45. The Morgan fingerprint density at radius 1 is 1.18 bits per heavy atom. The monoisotopic (exact) mass is 539 g/mol. The maximum Gasteiger partial charge on any atom is 0.228 e. The van der Waals surface area contributed by atoms with Gasteiger partial charge in [0.2, 0.25) is 5.88 Å². The number of aromatic nitrogens is 5. The molecule has 10 nitrogen and oxygen atoms in total. The van der Waals surface area contributed by atoms with Gasteiger partial charge in [0, 0.05) is 42.7 Å². The summed E-state index contributed by atoms with van der Waals surface area (Å²) in [6, 6.07) is 8.12. The summed E-state index contributed by atoms with van der Waals surface area (Å²) in [7, 11) is -0.284. The number of pyridine rings is 1. The maximum atomic E-state index is 15.1. The Labute approximate surface area is 222 Å². The summed E-state index contributed by atoms with van der Waals surface area (Å²) in [5.74, 6) is 0.626. The molecule has 1 saturated heterocycles. The van der Waals surface area contributed by atoms with E-state index in [9.17, 15) is 4.21 Å². The van der Waals surface area contributed by atoms with E-state index in [0.717, 1.165) is 37.0 Å². The van der Waals surface area contributed by atoms with Crippen molar-refractivity contribution in [2.75, 3.05) is 24.9 Å². The van der Waals surface area contributed by atoms with Crippen molar-refractivity contribution in [2.24, 2.45) is 0 Å². The van der Waals surface area contributed by atoms with E-state index in [1.165, 1.54) is 31.5 Å². The van der Waals surface area contributed by atoms with Crippen LogP contribution in [0.1, 0.15) is 32.4 Å². The smallest absolute Gasteiger partial charge is 0.228 e. The minimum absolute atomic E-state index is 0.0220. The largest absolute Gasteiger partial charge is 0.497 e. The van der Waals surface area contributed by atoms with Crippen LogP contribution in [0, 0.1) is 12.7 Å². The Balaban J connectivity index is 1.39. The number of hydrogen-bond acceptors (Lipinski definition) is 8. The van der Waals surface area contributed by atoms with Gasteiger partial charge in [-0.05, 0) is 57.9 Å². The molecular formula is C26H30FN7O3S. The lowest BCUT2D eigenvalue weighted by Crippen LogP contribution is -2.41. The van der Waals surface area contributed by atoms with Gasteiger partial charge in [0.1, 0.15) is 23.1 Å². The third-order valence-electron chi connectivity index (χ3n) is 6.61. The van der Waals surface area contributed by atoms with Crippen LogP contribution in [0.5, 0.6) is 11.6 Å². The number of hydrogen-bond donors (Lipinski definition) is 2. The number of aromatic amines is 1. The molecule has 1 atom stereocenters. The lowest BCUT2D eigenvalue weighted by atomic mass is 10.1. The predicted octanol–water partition coefficient (Wildman–Crippen LogP) is 4.26. The third kappa shape index (κ3) is 5.46. The molecule has 1 aliphatic rings. The number of nitrogens with zero attached hydrogens (tertiary/aromatic N) is 5. The molecule has 0 amide bonds. The molecule has 1 aromatic carbocycles. The van der Waals surface area contributed by atoms with Gasteiger partial charge in [-0.15, -0.1) is 0 Å². The molecule has 4 aromatic rings. The Bertz CT molecular complexity index is 1470. The van der Waals surface area contributed by atoms with Crippen molar-refractivity contribution in [3.63, 3.8) is 0 Å².